The van der Waals surface area contributed by atoms with Crippen LogP contribution in [0.2, 0.25) is 0 Å². The summed E-state index contributed by atoms with van der Waals surface area (Å²) < 4.78 is 30.4. The van der Waals surface area contributed by atoms with Crippen molar-refractivity contribution in [3.63, 3.8) is 0 Å². The molecule has 0 heterocycles. The third-order valence-corrected chi connectivity index (χ3v) is 3.86. The largest absolute Gasteiger partial charge is 0.497 e. The molecule has 21 heavy (non-hydrogen) atoms. The van der Waals surface area contributed by atoms with Gasteiger partial charge in [-0.2, -0.15) is 8.78 Å². The molecule has 0 bridgehead atoms. The van der Waals surface area contributed by atoms with Gasteiger partial charge >= 0.3 is 0 Å². The van der Waals surface area contributed by atoms with Gasteiger partial charge in [0.1, 0.15) is 5.75 Å². The molecule has 2 rings (SSSR count). The van der Waals surface area contributed by atoms with Crippen LogP contribution in [0.25, 0.3) is 0 Å². The van der Waals surface area contributed by atoms with Crippen molar-refractivity contribution in [1.29, 1.82) is 0 Å². The van der Waals surface area contributed by atoms with Crippen LogP contribution in [0.5, 0.6) is 5.75 Å². The molecular weight excluding hydrogens is 292 g/mol. The number of thioether (sulfide) groups is 1. The van der Waals surface area contributed by atoms with Gasteiger partial charge in [0.15, 0.2) is 0 Å². The van der Waals surface area contributed by atoms with E-state index >= 15 is 0 Å². The highest BCUT2D eigenvalue weighted by molar-refractivity contribution is 7.99. The summed E-state index contributed by atoms with van der Waals surface area (Å²) in [5.74, 6) is -1.66. The second-order valence-corrected chi connectivity index (χ2v) is 5.55. The number of nitrogens with one attached hydrogen (secondary N) is 1. The maximum atomic E-state index is 12.6. The van der Waals surface area contributed by atoms with Crippen LogP contribution in [0.3, 0.4) is 0 Å². The van der Waals surface area contributed by atoms with Crippen LogP contribution in [-0.2, 0) is 0 Å². The number of hydrogen-bond donors (Lipinski definition) is 1. The minimum absolute atomic E-state index is 0.0143. The van der Waals surface area contributed by atoms with Gasteiger partial charge in [-0.25, -0.2) is 0 Å². The normalized spacial score (nSPS) is 12.2. The summed E-state index contributed by atoms with van der Waals surface area (Å²) in [5, 5.41) is 3.27. The first kappa shape index (κ1) is 15.6. The first-order valence-corrected chi connectivity index (χ1v) is 7.42. The fourth-order valence-corrected chi connectivity index (χ4v) is 2.62. The van der Waals surface area contributed by atoms with Gasteiger partial charge < -0.3 is 10.1 Å². The Hall–Kier alpha value is -1.75. The first-order valence-electron chi connectivity index (χ1n) is 6.54. The third-order valence-electron chi connectivity index (χ3n) is 3.07. The number of hydrogen-bond acceptors (Lipinski definition) is 3. The van der Waals surface area contributed by atoms with Gasteiger partial charge in [0.05, 0.1) is 7.11 Å². The fourth-order valence-electron chi connectivity index (χ4n) is 2.01. The quantitative estimate of drug-likeness (QED) is 0.743. The summed E-state index contributed by atoms with van der Waals surface area (Å²) in [6, 6.07) is 14.8. The lowest BCUT2D eigenvalue weighted by atomic mass is 10.1. The second kappa shape index (κ2) is 7.31. The van der Waals surface area contributed by atoms with Crippen LogP contribution < -0.4 is 10.1 Å². The molecule has 0 amide bonds. The molecule has 2 aromatic rings. The number of ether oxygens (including phenoxy) is 1. The van der Waals surface area contributed by atoms with E-state index in [1.165, 1.54) is 0 Å². The third kappa shape index (κ3) is 4.36. The Balaban J connectivity index is 2.17. The van der Waals surface area contributed by atoms with E-state index in [1.54, 1.807) is 25.3 Å². The van der Waals surface area contributed by atoms with Crippen molar-refractivity contribution in [3.05, 3.63) is 54.1 Å². The zero-order chi connectivity index (χ0) is 15.2. The molecule has 0 aliphatic carbocycles. The molecule has 0 radical (unpaired) electrons. The Labute approximate surface area is 127 Å². The van der Waals surface area contributed by atoms with Crippen LogP contribution in [0.1, 0.15) is 18.5 Å². The lowest BCUT2D eigenvalue weighted by molar-refractivity contribution is 0.252. The monoisotopic (exact) mass is 309 g/mol. The molecule has 0 spiro atoms. The highest BCUT2D eigenvalue weighted by Gasteiger charge is 2.12. The Bertz CT molecular complexity index is 592. The van der Waals surface area contributed by atoms with Gasteiger partial charge in [0.25, 0.3) is 5.76 Å². The molecule has 2 aromatic carbocycles. The van der Waals surface area contributed by atoms with Crippen LogP contribution in [0.4, 0.5) is 14.5 Å². The van der Waals surface area contributed by atoms with E-state index in [2.05, 4.69) is 5.32 Å². The van der Waals surface area contributed by atoms with E-state index in [9.17, 15) is 8.78 Å². The summed E-state index contributed by atoms with van der Waals surface area (Å²) in [6.07, 6.45) is 0. The van der Waals surface area contributed by atoms with Crippen molar-refractivity contribution in [3.8, 4) is 5.75 Å². The van der Waals surface area contributed by atoms with E-state index in [0.717, 1.165) is 11.3 Å². The predicted molar refractivity (Wildman–Crippen MR) is 83.3 cm³/mol. The Morgan fingerprint density at radius 3 is 2.57 bits per heavy atom. The molecule has 0 saturated carbocycles. The van der Waals surface area contributed by atoms with E-state index in [0.29, 0.717) is 22.3 Å². The van der Waals surface area contributed by atoms with Crippen molar-refractivity contribution in [2.45, 2.75) is 23.6 Å². The highest BCUT2D eigenvalue weighted by atomic mass is 32.2. The molecule has 1 N–H and O–H groups in total. The molecule has 0 aliphatic heterocycles. The van der Waals surface area contributed by atoms with Gasteiger partial charge in [-0.1, -0.05) is 36.0 Å². The Kier molecular flexibility index (Phi) is 5.44. The first-order chi connectivity index (χ1) is 10.1. The number of halogens is 2. The second-order valence-electron chi connectivity index (χ2n) is 4.52. The van der Waals surface area contributed by atoms with Crippen LogP contribution >= 0.6 is 11.8 Å². The van der Waals surface area contributed by atoms with Crippen LogP contribution in [0.15, 0.2) is 53.4 Å². The standard InChI is InChI=1S/C16H17F2NOS/c1-11(12-6-5-7-13(10-12)20-2)19-14-8-3-4-9-15(14)21-16(17)18/h3-11,16,19H,1-2H3. The fraction of sp³-hybridized carbons (Fsp3) is 0.250. The summed E-state index contributed by atoms with van der Waals surface area (Å²) >= 11 is 0.549. The number of alkyl halides is 2. The number of para-hydroxylation sites is 1. The topological polar surface area (TPSA) is 21.3 Å². The van der Waals surface area contributed by atoms with Crippen molar-refractivity contribution in [2.75, 3.05) is 12.4 Å². The molecule has 0 aromatic heterocycles. The minimum Gasteiger partial charge on any atom is -0.497 e. The maximum Gasteiger partial charge on any atom is 0.288 e. The van der Waals surface area contributed by atoms with Crippen molar-refractivity contribution in [1.82, 2.24) is 0 Å². The highest BCUT2D eigenvalue weighted by Crippen LogP contribution is 2.33. The molecular formula is C16H17F2NOS. The number of benzene rings is 2. The van der Waals surface area contributed by atoms with Crippen molar-refractivity contribution >= 4 is 17.4 Å². The summed E-state index contributed by atoms with van der Waals surface area (Å²) in [7, 11) is 1.62. The van der Waals surface area contributed by atoms with Crippen LogP contribution in [-0.4, -0.2) is 12.9 Å². The minimum atomic E-state index is -2.43. The summed E-state index contributed by atoms with van der Waals surface area (Å²) in [6.45, 7) is 1.98. The number of rotatable bonds is 6. The summed E-state index contributed by atoms with van der Waals surface area (Å²) in [5.41, 5.74) is 1.74. The lowest BCUT2D eigenvalue weighted by Crippen LogP contribution is -2.07. The number of anilines is 1. The summed E-state index contributed by atoms with van der Waals surface area (Å²) in [4.78, 5) is 0.544. The van der Waals surface area contributed by atoms with Gasteiger partial charge in [-0.3, -0.25) is 0 Å². The molecule has 2 nitrogen and oxygen atoms in total. The Morgan fingerprint density at radius 2 is 1.86 bits per heavy atom. The lowest BCUT2D eigenvalue weighted by Gasteiger charge is -2.18. The van der Waals surface area contributed by atoms with Gasteiger partial charge in [0.2, 0.25) is 0 Å². The maximum absolute atomic E-state index is 12.6. The predicted octanol–water partition coefficient (Wildman–Crippen LogP) is 5.18. The average molecular weight is 309 g/mol. The molecule has 1 unspecified atom stereocenters. The Morgan fingerprint density at radius 1 is 1.10 bits per heavy atom. The van der Waals surface area contributed by atoms with Crippen molar-refractivity contribution < 1.29 is 13.5 Å². The molecule has 5 heteroatoms. The van der Waals surface area contributed by atoms with Gasteiger partial charge in [0, 0.05) is 16.6 Å². The van der Waals surface area contributed by atoms with E-state index in [4.69, 9.17) is 4.74 Å². The molecule has 0 fully saturated rings. The SMILES string of the molecule is COc1cccc(C(C)Nc2ccccc2SC(F)F)c1. The van der Waals surface area contributed by atoms with Gasteiger partial charge in [-0.05, 0) is 36.8 Å². The molecule has 0 aliphatic rings. The molecule has 0 saturated heterocycles. The zero-order valence-electron chi connectivity index (χ0n) is 11.8. The number of methoxy groups -OCH3 is 1. The van der Waals surface area contributed by atoms with E-state index in [1.807, 2.05) is 37.3 Å². The van der Waals surface area contributed by atoms with Gasteiger partial charge in [-0.15, -0.1) is 0 Å². The van der Waals surface area contributed by atoms with E-state index in [-0.39, 0.29) is 6.04 Å². The zero-order valence-corrected chi connectivity index (χ0v) is 12.7. The van der Waals surface area contributed by atoms with E-state index < -0.39 is 5.76 Å². The van der Waals surface area contributed by atoms with Crippen molar-refractivity contribution in [2.24, 2.45) is 0 Å². The molecule has 112 valence electrons. The smallest absolute Gasteiger partial charge is 0.288 e. The molecule has 1 atom stereocenters. The average Bonchev–Trinajstić information content (AvgIpc) is 2.48. The van der Waals surface area contributed by atoms with Crippen LogP contribution in [0, 0.1) is 0 Å².